The zero-order valence-electron chi connectivity index (χ0n) is 13.3. The summed E-state index contributed by atoms with van der Waals surface area (Å²) in [7, 11) is 0. The van der Waals surface area contributed by atoms with Gasteiger partial charge in [-0.1, -0.05) is 0 Å². The number of carboxylic acid groups (broad SMARTS) is 9. The minimum Gasteiger partial charge on any atom is -0.652 e. The second-order valence-corrected chi connectivity index (χ2v) is 2.22. The van der Waals surface area contributed by atoms with Crippen LogP contribution >= 0.6 is 0 Å². The maximum Gasteiger partial charge on any atom is 3.00 e. The summed E-state index contributed by atoms with van der Waals surface area (Å²) in [5.41, 5.74) is 0. The molecule has 27 heavy (non-hydrogen) atoms. The molecule has 0 fully saturated rings. The third-order valence-corrected chi connectivity index (χ3v) is 0. The summed E-state index contributed by atoms with van der Waals surface area (Å²) in [4.78, 5) is 51.7. The van der Waals surface area contributed by atoms with Crippen LogP contribution < -0.4 is 46.0 Å². The van der Waals surface area contributed by atoms with Crippen molar-refractivity contribution in [3.63, 3.8) is 0 Å². The Labute approximate surface area is 183 Å². The van der Waals surface area contributed by atoms with Gasteiger partial charge in [0.2, 0.25) is 0 Å². The van der Waals surface area contributed by atoms with E-state index in [4.69, 9.17) is 74.7 Å². The van der Waals surface area contributed by atoms with Gasteiger partial charge in [-0.05, 0) is 39.2 Å². The van der Waals surface area contributed by atoms with E-state index >= 15 is 0 Å². The Kier molecular flexibility index (Phi) is 103. The van der Waals surface area contributed by atoms with Gasteiger partial charge in [0.25, 0.3) is 0 Å². The van der Waals surface area contributed by atoms with Crippen LogP contribution in [0.4, 0.5) is 14.4 Å². The second-order valence-electron chi connectivity index (χ2n) is 2.22. The molecule has 15 nitrogen and oxygen atoms in total. The first kappa shape index (κ1) is 56.3. The van der Waals surface area contributed by atoms with Gasteiger partial charge in [-0.2, -0.15) is 0 Å². The molecule has 155 valence electrons. The third-order valence-electron chi connectivity index (χ3n) is 0. The first-order valence-corrected chi connectivity index (χ1v) is 4.56. The number of carbonyl (C=O) groups excluding carboxylic acids is 6. The normalized spacial score (nSPS) is 5.44. The van der Waals surface area contributed by atoms with Gasteiger partial charge in [0.15, 0.2) is 0 Å². The van der Waals surface area contributed by atoms with Crippen LogP contribution in [0.15, 0.2) is 0 Å². The first-order valence-electron chi connectivity index (χ1n) is 4.56. The fourth-order valence-electron chi connectivity index (χ4n) is 0. The summed E-state index contributed by atoms with van der Waals surface area (Å²) in [5.74, 6) is -3.25. The Balaban J connectivity index is -0.0000000201. The largest absolute Gasteiger partial charge is 3.00 e. The molecule has 0 aromatic carbocycles. The number of rotatable bonds is 0. The average molecular weight is 517 g/mol. The van der Waals surface area contributed by atoms with Gasteiger partial charge >= 0.3 is 51.8 Å². The second kappa shape index (κ2) is 49.6. The topological polar surface area (TPSA) is 310 Å². The molecular weight excluding hydrogens is 508 g/mol. The number of hydrogen-bond donors (Lipinski definition) is 0. The van der Waals surface area contributed by atoms with Crippen LogP contribution in [-0.2, 0) is 66.2 Å². The fraction of sp³-hybridized carbons (Fsp3) is 0.333. The van der Waals surface area contributed by atoms with Gasteiger partial charge in [0.1, 0.15) is 0 Å². The predicted octanol–water partition coefficient (Wildman–Crippen LogP) is -11.1. The van der Waals surface area contributed by atoms with Gasteiger partial charge in [-0.15, -0.1) is 0 Å². The van der Waals surface area contributed by atoms with E-state index in [2.05, 4.69) is 0 Å². The number of carboxylic acids is 3. The number of carbonyl (C=O) groups is 6. The molecule has 18 heteroatoms. The molecule has 0 bridgehead atoms. The molecule has 0 aliphatic rings. The van der Waals surface area contributed by atoms with Crippen LogP contribution in [0.3, 0.4) is 0 Å². The molecule has 0 saturated carbocycles. The van der Waals surface area contributed by atoms with E-state index in [-0.39, 0.29) is 51.8 Å². The Morgan fingerprint density at radius 1 is 0.407 bits per heavy atom. The van der Waals surface area contributed by atoms with Crippen LogP contribution in [-0.4, -0.2) is 36.4 Å². The van der Waals surface area contributed by atoms with Crippen molar-refractivity contribution < 1.29 is 127 Å². The van der Waals surface area contributed by atoms with Crippen LogP contribution in [0.1, 0.15) is 20.8 Å². The van der Waals surface area contributed by atoms with Gasteiger partial charge in [-0.3, -0.25) is 0 Å². The zero-order chi connectivity index (χ0) is 21.5. The molecule has 0 amide bonds. The van der Waals surface area contributed by atoms with Crippen molar-refractivity contribution in [3.8, 4) is 0 Å². The molecule has 0 spiro atoms. The smallest absolute Gasteiger partial charge is 0.652 e. The van der Waals surface area contributed by atoms with E-state index in [1.807, 2.05) is 0 Å². The average Bonchev–Trinajstić information content (AvgIpc) is 2.08. The van der Waals surface area contributed by atoms with E-state index in [1.165, 1.54) is 0 Å². The van der Waals surface area contributed by atoms with Gasteiger partial charge in [0, 0.05) is 17.9 Å². The summed E-state index contributed by atoms with van der Waals surface area (Å²) < 4.78 is 0. The van der Waals surface area contributed by atoms with Crippen molar-refractivity contribution in [2.75, 3.05) is 0 Å². The Morgan fingerprint density at radius 3 is 0.407 bits per heavy atom. The maximum absolute atomic E-state index is 8.89. The minimum atomic E-state index is -2.33. The maximum atomic E-state index is 8.89. The van der Waals surface area contributed by atoms with Gasteiger partial charge in [0.05, 0.1) is 0 Å². The van der Waals surface area contributed by atoms with Crippen molar-refractivity contribution in [3.05, 3.63) is 0 Å². The van der Waals surface area contributed by atoms with Crippen LogP contribution in [0.5, 0.6) is 0 Å². The molecule has 0 N–H and O–H groups in total. The van der Waals surface area contributed by atoms with Crippen molar-refractivity contribution in [1.82, 2.24) is 0 Å². The Morgan fingerprint density at radius 2 is 0.407 bits per heavy atom. The molecule has 0 aliphatic heterocycles. The summed E-state index contributed by atoms with van der Waals surface area (Å²) in [6.45, 7) is 2.92. The molecule has 0 aliphatic carbocycles. The monoisotopic (exact) mass is 517 g/mol. The minimum absolute atomic E-state index is 0. The van der Waals surface area contributed by atoms with Crippen LogP contribution in [0.2, 0.25) is 0 Å². The molecule has 0 heterocycles. The Hall–Kier alpha value is -2.20. The van der Waals surface area contributed by atoms with Crippen molar-refractivity contribution in [1.29, 1.82) is 0 Å². The van der Waals surface area contributed by atoms with Crippen LogP contribution in [0, 0.1) is 0 Å². The number of aliphatic carboxylic acids is 3. The summed E-state index contributed by atoms with van der Waals surface area (Å²) in [6.07, 6.45) is -7.00. The van der Waals surface area contributed by atoms with Crippen molar-refractivity contribution in [2.45, 2.75) is 20.8 Å². The van der Waals surface area contributed by atoms with E-state index in [0.29, 0.717) is 0 Å². The summed E-state index contributed by atoms with van der Waals surface area (Å²) in [5, 5.41) is 76.7. The quantitative estimate of drug-likeness (QED) is 0.269. The molecular formula is C9H9Cr2FeO15. The van der Waals surface area contributed by atoms with E-state index in [0.717, 1.165) is 20.8 Å². The Bertz CT molecular complexity index is 270. The van der Waals surface area contributed by atoms with E-state index in [1.54, 1.807) is 0 Å². The zero-order valence-corrected chi connectivity index (χ0v) is 16.9. The molecule has 3 radical (unpaired) electrons. The van der Waals surface area contributed by atoms with Crippen molar-refractivity contribution in [2.24, 2.45) is 0 Å². The predicted molar refractivity (Wildman–Crippen MR) is 48.2 cm³/mol. The molecule has 0 aromatic rings. The molecule has 0 atom stereocenters. The fourth-order valence-corrected chi connectivity index (χ4v) is 0. The van der Waals surface area contributed by atoms with Crippen LogP contribution in [0.25, 0.3) is 0 Å². The summed E-state index contributed by atoms with van der Waals surface area (Å²) >= 11 is 0. The molecule has 0 rings (SSSR count). The third kappa shape index (κ3) is 2350. The van der Waals surface area contributed by atoms with Gasteiger partial charge < -0.3 is 74.7 Å². The van der Waals surface area contributed by atoms with Crippen molar-refractivity contribution >= 4 is 36.4 Å². The number of hydrogen-bond acceptors (Lipinski definition) is 15. The van der Waals surface area contributed by atoms with E-state index < -0.39 is 36.4 Å². The van der Waals surface area contributed by atoms with E-state index in [9.17, 15) is 0 Å². The molecule has 0 saturated heterocycles. The summed E-state index contributed by atoms with van der Waals surface area (Å²) in [6, 6.07) is 0. The molecule has 0 unspecified atom stereocenters. The van der Waals surface area contributed by atoms with Gasteiger partial charge in [-0.25, -0.2) is 0 Å². The molecule has 0 aromatic heterocycles. The first-order chi connectivity index (χ1) is 10.4. The SMILES string of the molecule is CC(=O)[O-].CC(=O)[O-].CC(=O)[O-].O=C([O-])[O-].O=C([O-])[O-].O=C([O-])[O-].[Cr+3].[Cr+3].[Fe+3]. The standard InChI is InChI=1S/3C2H4O2.3CH2O3.2Cr.Fe/c3*1-2(3)4;3*2-1(3)4;;;/h3*1H3,(H,3,4);3*(H2,2,3,4);;;/q;;;;;;3*+3/p-9.